The van der Waals surface area contributed by atoms with Crippen LogP contribution < -0.4 is 9.47 Å². The third-order valence-corrected chi connectivity index (χ3v) is 6.60. The van der Waals surface area contributed by atoms with E-state index in [1.165, 1.54) is 24.2 Å². The molecule has 1 aromatic carbocycles. The Labute approximate surface area is 183 Å². The largest absolute Gasteiger partial charge is 0.493 e. The van der Waals surface area contributed by atoms with E-state index in [0.29, 0.717) is 28.9 Å². The number of methoxy groups -OCH3 is 1. The molecular weight excluding hydrogens is 489 g/mol. The zero-order chi connectivity index (χ0) is 20.1. The summed E-state index contributed by atoms with van der Waals surface area (Å²) < 4.78 is 11.8. The highest BCUT2D eigenvalue weighted by Crippen LogP contribution is 2.38. The Bertz CT molecular complexity index is 840. The van der Waals surface area contributed by atoms with Crippen molar-refractivity contribution in [2.75, 3.05) is 20.3 Å². The SMILES string of the molecule is C#CCOc1c(I)cc(/C=C2/SC(=O)N(CC3CCCCC3)C2=O)cc1OC. The van der Waals surface area contributed by atoms with Gasteiger partial charge in [-0.15, -0.1) is 6.42 Å². The van der Waals surface area contributed by atoms with Crippen LogP contribution in [0.1, 0.15) is 37.7 Å². The number of carbonyl (C=O) groups excluding carboxylic acids is 2. The molecule has 7 heteroatoms. The molecule has 1 saturated carbocycles. The molecule has 2 amide bonds. The summed E-state index contributed by atoms with van der Waals surface area (Å²) in [7, 11) is 1.55. The maximum atomic E-state index is 12.8. The van der Waals surface area contributed by atoms with E-state index in [9.17, 15) is 9.59 Å². The Morgan fingerprint density at radius 2 is 2.07 bits per heavy atom. The first-order valence-corrected chi connectivity index (χ1v) is 11.1. The lowest BCUT2D eigenvalue weighted by molar-refractivity contribution is -0.123. The van der Waals surface area contributed by atoms with E-state index >= 15 is 0 Å². The van der Waals surface area contributed by atoms with Crippen LogP contribution in [-0.4, -0.2) is 36.3 Å². The number of imide groups is 1. The number of nitrogens with zero attached hydrogens (tertiary/aromatic N) is 1. The summed E-state index contributed by atoms with van der Waals surface area (Å²) >= 11 is 3.14. The van der Waals surface area contributed by atoms with Crippen molar-refractivity contribution in [2.24, 2.45) is 5.92 Å². The molecule has 0 N–H and O–H groups in total. The van der Waals surface area contributed by atoms with E-state index in [4.69, 9.17) is 15.9 Å². The summed E-state index contributed by atoms with van der Waals surface area (Å²) in [6.45, 7) is 0.674. The number of terminal acetylenes is 1. The summed E-state index contributed by atoms with van der Waals surface area (Å²) in [5.74, 6) is 3.76. The highest BCUT2D eigenvalue weighted by Gasteiger charge is 2.36. The standard InChI is InChI=1S/C21H22INO4S/c1-3-9-27-19-16(22)10-15(11-17(19)26-2)12-18-20(24)23(21(25)28-18)13-14-7-5-4-6-8-14/h1,10-12,14H,4-9,13H2,2H3/b18-12+. The lowest BCUT2D eigenvalue weighted by Gasteiger charge is -2.25. The molecule has 3 rings (SSSR count). The molecule has 1 aliphatic carbocycles. The zero-order valence-corrected chi connectivity index (χ0v) is 18.7. The van der Waals surface area contributed by atoms with Gasteiger partial charge in [-0.05, 0) is 76.9 Å². The Hall–Kier alpha value is -1.66. The van der Waals surface area contributed by atoms with Gasteiger partial charge in [-0.2, -0.15) is 0 Å². The molecule has 0 bridgehead atoms. The number of ether oxygens (including phenoxy) is 2. The second kappa shape index (κ2) is 9.70. The van der Waals surface area contributed by atoms with Gasteiger partial charge in [0.25, 0.3) is 11.1 Å². The van der Waals surface area contributed by atoms with Crippen molar-refractivity contribution in [1.82, 2.24) is 4.90 Å². The predicted octanol–water partition coefficient (Wildman–Crippen LogP) is 4.93. The zero-order valence-electron chi connectivity index (χ0n) is 15.7. The minimum absolute atomic E-state index is 0.145. The van der Waals surface area contributed by atoms with Crippen LogP contribution in [0.4, 0.5) is 4.79 Å². The Morgan fingerprint density at radius 1 is 1.32 bits per heavy atom. The number of amides is 2. The summed E-state index contributed by atoms with van der Waals surface area (Å²) in [4.78, 5) is 27.0. The molecule has 1 heterocycles. The van der Waals surface area contributed by atoms with Crippen LogP contribution in [0, 0.1) is 21.8 Å². The van der Waals surface area contributed by atoms with E-state index in [-0.39, 0.29) is 17.8 Å². The monoisotopic (exact) mass is 511 g/mol. The van der Waals surface area contributed by atoms with Gasteiger partial charge in [0.05, 0.1) is 15.6 Å². The fourth-order valence-corrected chi connectivity index (χ4v) is 5.14. The molecular formula is C21H22INO4S. The summed E-state index contributed by atoms with van der Waals surface area (Å²) in [6, 6.07) is 3.66. The Morgan fingerprint density at radius 3 is 2.75 bits per heavy atom. The van der Waals surface area contributed by atoms with E-state index in [2.05, 4.69) is 28.5 Å². The van der Waals surface area contributed by atoms with Crippen molar-refractivity contribution < 1.29 is 19.1 Å². The molecule has 0 atom stereocenters. The number of halogens is 1. The van der Waals surface area contributed by atoms with Gasteiger partial charge in [0.1, 0.15) is 6.61 Å². The second-order valence-electron chi connectivity index (χ2n) is 6.82. The molecule has 1 saturated heterocycles. The van der Waals surface area contributed by atoms with Gasteiger partial charge in [-0.25, -0.2) is 0 Å². The van der Waals surface area contributed by atoms with Crippen molar-refractivity contribution in [2.45, 2.75) is 32.1 Å². The van der Waals surface area contributed by atoms with Gasteiger partial charge >= 0.3 is 0 Å². The number of benzene rings is 1. The number of rotatable bonds is 6. The molecule has 0 unspecified atom stereocenters. The second-order valence-corrected chi connectivity index (χ2v) is 8.98. The maximum Gasteiger partial charge on any atom is 0.293 e. The minimum Gasteiger partial charge on any atom is -0.493 e. The van der Waals surface area contributed by atoms with E-state index in [0.717, 1.165) is 33.7 Å². The summed E-state index contributed by atoms with van der Waals surface area (Å²) in [5.41, 5.74) is 0.775. The molecule has 0 spiro atoms. The lowest BCUT2D eigenvalue weighted by Crippen LogP contribution is -2.34. The first-order valence-electron chi connectivity index (χ1n) is 9.22. The molecule has 0 aromatic heterocycles. The highest BCUT2D eigenvalue weighted by molar-refractivity contribution is 14.1. The van der Waals surface area contributed by atoms with Gasteiger partial charge in [-0.1, -0.05) is 25.2 Å². The Kier molecular flexibility index (Phi) is 7.30. The van der Waals surface area contributed by atoms with Gasteiger partial charge < -0.3 is 9.47 Å². The fraction of sp³-hybridized carbons (Fsp3) is 0.429. The van der Waals surface area contributed by atoms with Gasteiger partial charge in [0.15, 0.2) is 11.5 Å². The average Bonchev–Trinajstić information content (AvgIpc) is 2.95. The third kappa shape index (κ3) is 4.84. The summed E-state index contributed by atoms with van der Waals surface area (Å²) in [6.07, 6.45) is 12.8. The summed E-state index contributed by atoms with van der Waals surface area (Å²) in [5, 5.41) is -0.183. The molecule has 2 fully saturated rings. The first kappa shape index (κ1) is 21.1. The van der Waals surface area contributed by atoms with Crippen LogP contribution in [0.3, 0.4) is 0 Å². The number of carbonyl (C=O) groups is 2. The van der Waals surface area contributed by atoms with Gasteiger partial charge in [0.2, 0.25) is 0 Å². The molecule has 148 valence electrons. The maximum absolute atomic E-state index is 12.8. The normalized spacial score (nSPS) is 19.2. The molecule has 5 nitrogen and oxygen atoms in total. The Balaban J connectivity index is 1.79. The van der Waals surface area contributed by atoms with Crippen LogP contribution >= 0.6 is 34.4 Å². The van der Waals surface area contributed by atoms with Crippen LogP contribution in [0.5, 0.6) is 11.5 Å². The molecule has 1 aromatic rings. The van der Waals surface area contributed by atoms with Crippen molar-refractivity contribution in [3.05, 3.63) is 26.2 Å². The smallest absolute Gasteiger partial charge is 0.293 e. The van der Waals surface area contributed by atoms with Crippen molar-refractivity contribution >= 4 is 51.6 Å². The van der Waals surface area contributed by atoms with E-state index < -0.39 is 0 Å². The molecule has 1 aliphatic heterocycles. The molecule has 0 radical (unpaired) electrons. The topological polar surface area (TPSA) is 55.8 Å². The van der Waals surface area contributed by atoms with E-state index in [1.54, 1.807) is 19.3 Å². The molecule has 28 heavy (non-hydrogen) atoms. The highest BCUT2D eigenvalue weighted by atomic mass is 127. The predicted molar refractivity (Wildman–Crippen MR) is 119 cm³/mol. The number of thioether (sulfide) groups is 1. The number of hydrogen-bond donors (Lipinski definition) is 0. The average molecular weight is 511 g/mol. The first-order chi connectivity index (χ1) is 13.5. The third-order valence-electron chi connectivity index (χ3n) is 4.89. The van der Waals surface area contributed by atoms with Crippen LogP contribution in [0.25, 0.3) is 6.08 Å². The lowest BCUT2D eigenvalue weighted by atomic mass is 9.89. The molecule has 2 aliphatic rings. The fourth-order valence-electron chi connectivity index (χ4n) is 3.51. The number of hydrogen-bond acceptors (Lipinski definition) is 5. The van der Waals surface area contributed by atoms with Crippen LogP contribution in [-0.2, 0) is 4.79 Å². The van der Waals surface area contributed by atoms with Crippen molar-refractivity contribution in [3.8, 4) is 23.8 Å². The van der Waals surface area contributed by atoms with Gasteiger partial charge in [-0.3, -0.25) is 14.5 Å². The minimum atomic E-state index is -0.206. The van der Waals surface area contributed by atoms with Crippen LogP contribution in [0.2, 0.25) is 0 Å². The van der Waals surface area contributed by atoms with Crippen molar-refractivity contribution in [1.29, 1.82) is 0 Å². The quantitative estimate of drug-likeness (QED) is 0.308. The van der Waals surface area contributed by atoms with Crippen LogP contribution in [0.15, 0.2) is 17.0 Å². The van der Waals surface area contributed by atoms with E-state index in [1.807, 2.05) is 6.07 Å². The van der Waals surface area contributed by atoms with Gasteiger partial charge in [0, 0.05) is 6.54 Å². The van der Waals surface area contributed by atoms with Crippen molar-refractivity contribution in [3.63, 3.8) is 0 Å².